The van der Waals surface area contributed by atoms with Crippen molar-refractivity contribution in [3.05, 3.63) is 77.6 Å². The molecule has 2 aromatic carbocycles. The zero-order chi connectivity index (χ0) is 24.1. The lowest BCUT2D eigenvalue weighted by Gasteiger charge is -2.31. The molecule has 1 aromatic heterocycles. The van der Waals surface area contributed by atoms with Crippen molar-refractivity contribution in [2.45, 2.75) is 37.2 Å². The van der Waals surface area contributed by atoms with E-state index in [1.165, 1.54) is 21.3 Å². The van der Waals surface area contributed by atoms with E-state index >= 15 is 0 Å². The number of nitrogens with zero attached hydrogens (tertiary/aromatic N) is 2. The number of amides is 2. The van der Waals surface area contributed by atoms with E-state index < -0.39 is 33.4 Å². The Kier molecular flexibility index (Phi) is 5.30. The van der Waals surface area contributed by atoms with Gasteiger partial charge in [0.25, 0.3) is 15.9 Å². The molecule has 0 saturated carbocycles. The number of hydrazine groups is 1. The number of carbonyl (C=O) groups is 2. The third kappa shape index (κ3) is 3.77. The molecule has 0 aliphatic carbocycles. The van der Waals surface area contributed by atoms with E-state index in [4.69, 9.17) is 11.5 Å². The molecule has 2 heterocycles. The van der Waals surface area contributed by atoms with E-state index in [9.17, 15) is 18.0 Å². The van der Waals surface area contributed by atoms with Gasteiger partial charge in [0.15, 0.2) is 0 Å². The number of nitrogens with one attached hydrogen (secondary N) is 1. The van der Waals surface area contributed by atoms with Crippen LogP contribution in [0.15, 0.2) is 71.4 Å². The van der Waals surface area contributed by atoms with E-state index in [0.717, 1.165) is 11.1 Å². The largest absolute Gasteiger partial charge is 0.368 e. The van der Waals surface area contributed by atoms with Gasteiger partial charge in [-0.05, 0) is 62.7 Å². The lowest BCUT2D eigenvalue weighted by molar-refractivity contribution is -0.123. The number of nitrogens with two attached hydrogens (primary N) is 2. The molecular formula is C23H25N5O4S. The van der Waals surface area contributed by atoms with Crippen LogP contribution < -0.4 is 16.9 Å². The van der Waals surface area contributed by atoms with Crippen LogP contribution in [0.5, 0.6) is 0 Å². The van der Waals surface area contributed by atoms with E-state index in [0.29, 0.717) is 10.9 Å². The molecule has 0 spiro atoms. The average molecular weight is 468 g/mol. The molecule has 33 heavy (non-hydrogen) atoms. The molecule has 4 rings (SSSR count). The molecule has 3 aromatic rings. The fraction of sp³-hybridized carbons (Fsp3) is 0.217. The molecule has 2 atom stereocenters. The summed E-state index contributed by atoms with van der Waals surface area (Å²) >= 11 is 0. The highest BCUT2D eigenvalue weighted by atomic mass is 32.2. The zero-order valence-electron chi connectivity index (χ0n) is 18.4. The van der Waals surface area contributed by atoms with Gasteiger partial charge >= 0.3 is 0 Å². The summed E-state index contributed by atoms with van der Waals surface area (Å²) in [5.41, 5.74) is 15.1. The Hall–Kier alpha value is -3.63. The van der Waals surface area contributed by atoms with Gasteiger partial charge in [0.2, 0.25) is 5.91 Å². The molecule has 10 heteroatoms. The monoisotopic (exact) mass is 467 g/mol. The second-order valence-corrected chi connectivity index (χ2v) is 10.2. The van der Waals surface area contributed by atoms with Crippen LogP contribution in [-0.4, -0.2) is 34.8 Å². The first kappa shape index (κ1) is 22.6. The van der Waals surface area contributed by atoms with Gasteiger partial charge in [-0.15, -0.1) is 0 Å². The molecular weight excluding hydrogens is 442 g/mol. The highest BCUT2D eigenvalue weighted by Crippen LogP contribution is 2.32. The van der Waals surface area contributed by atoms with Crippen LogP contribution in [0, 0.1) is 6.92 Å². The van der Waals surface area contributed by atoms with Crippen LogP contribution in [-0.2, 0) is 19.6 Å². The Morgan fingerprint density at radius 2 is 1.73 bits per heavy atom. The highest BCUT2D eigenvalue weighted by Gasteiger charge is 2.41. The highest BCUT2D eigenvalue weighted by molar-refractivity contribution is 7.90. The van der Waals surface area contributed by atoms with E-state index in [1.807, 2.05) is 19.9 Å². The van der Waals surface area contributed by atoms with Crippen molar-refractivity contribution in [1.82, 2.24) is 14.4 Å². The van der Waals surface area contributed by atoms with Gasteiger partial charge in [-0.2, -0.15) is 0 Å². The van der Waals surface area contributed by atoms with Crippen molar-refractivity contribution >= 4 is 32.7 Å². The zero-order valence-corrected chi connectivity index (χ0v) is 19.3. The second-order valence-electron chi connectivity index (χ2n) is 8.37. The van der Waals surface area contributed by atoms with E-state index in [2.05, 4.69) is 5.43 Å². The summed E-state index contributed by atoms with van der Waals surface area (Å²) in [6.07, 6.45) is 2.93. The predicted molar refractivity (Wildman–Crippen MR) is 124 cm³/mol. The average Bonchev–Trinajstić information content (AvgIpc) is 3.35. The number of carbonyl (C=O) groups excluding carboxylic acids is 2. The summed E-state index contributed by atoms with van der Waals surface area (Å²) in [5.74, 6) is -1.35. The Labute approximate surface area is 191 Å². The lowest BCUT2D eigenvalue weighted by Crippen LogP contribution is -2.54. The van der Waals surface area contributed by atoms with Crippen LogP contribution >= 0.6 is 0 Å². The Morgan fingerprint density at radius 1 is 1.06 bits per heavy atom. The third-order valence-corrected chi connectivity index (χ3v) is 7.63. The number of hydrogen-bond acceptors (Lipinski definition) is 6. The van der Waals surface area contributed by atoms with Crippen LogP contribution in [0.1, 0.15) is 31.0 Å². The van der Waals surface area contributed by atoms with Crippen LogP contribution in [0.3, 0.4) is 0 Å². The van der Waals surface area contributed by atoms with Crippen molar-refractivity contribution in [2.75, 3.05) is 0 Å². The molecule has 2 unspecified atom stereocenters. The molecule has 0 fully saturated rings. The minimum atomic E-state index is -3.76. The summed E-state index contributed by atoms with van der Waals surface area (Å²) in [6.45, 7) is 5.28. The van der Waals surface area contributed by atoms with Crippen molar-refractivity contribution in [3.63, 3.8) is 0 Å². The lowest BCUT2D eigenvalue weighted by atomic mass is 10.0. The first-order chi connectivity index (χ1) is 15.4. The van der Waals surface area contributed by atoms with Crippen molar-refractivity contribution < 1.29 is 18.0 Å². The quantitative estimate of drug-likeness (QED) is 0.504. The maximum atomic E-state index is 13.1. The molecule has 172 valence electrons. The fourth-order valence-electron chi connectivity index (χ4n) is 3.89. The van der Waals surface area contributed by atoms with Crippen molar-refractivity contribution in [2.24, 2.45) is 11.5 Å². The number of aromatic nitrogens is 1. The van der Waals surface area contributed by atoms with Crippen molar-refractivity contribution in [1.29, 1.82) is 0 Å². The molecule has 9 nitrogen and oxygen atoms in total. The Bertz CT molecular complexity index is 1410. The van der Waals surface area contributed by atoms with E-state index in [-0.39, 0.29) is 10.6 Å². The van der Waals surface area contributed by atoms with Gasteiger partial charge in [-0.1, -0.05) is 23.8 Å². The second kappa shape index (κ2) is 7.75. The van der Waals surface area contributed by atoms with Gasteiger partial charge in [0.05, 0.1) is 16.5 Å². The number of fused-ring (bicyclic) bond motifs is 1. The minimum Gasteiger partial charge on any atom is -0.368 e. The maximum Gasteiger partial charge on any atom is 0.268 e. The Morgan fingerprint density at radius 3 is 2.33 bits per heavy atom. The molecule has 0 radical (unpaired) electrons. The molecule has 1 aliphatic rings. The smallest absolute Gasteiger partial charge is 0.268 e. The predicted octanol–water partition coefficient (Wildman–Crippen LogP) is 1.68. The van der Waals surface area contributed by atoms with Gasteiger partial charge in [0, 0.05) is 11.6 Å². The van der Waals surface area contributed by atoms with Crippen LogP contribution in [0.4, 0.5) is 0 Å². The summed E-state index contributed by atoms with van der Waals surface area (Å²) in [6, 6.07) is 13.3. The normalized spacial score (nSPS) is 19.5. The summed E-state index contributed by atoms with van der Waals surface area (Å²) in [5, 5.41) is 2.21. The molecule has 2 amide bonds. The topological polar surface area (TPSA) is 141 Å². The third-order valence-electron chi connectivity index (χ3n) is 5.93. The first-order valence-electron chi connectivity index (χ1n) is 10.3. The summed E-state index contributed by atoms with van der Waals surface area (Å²) in [4.78, 5) is 24.1. The van der Waals surface area contributed by atoms with Crippen LogP contribution in [0.25, 0.3) is 10.9 Å². The maximum absolute atomic E-state index is 13.1. The molecule has 1 aliphatic heterocycles. The van der Waals surface area contributed by atoms with E-state index in [1.54, 1.807) is 49.4 Å². The SMILES string of the molecule is Cc1ccc(S(=O)(=O)n2ccc3cc(C(C)N4NC(C)(C(N)=O)C=C4C(N)=O)ccc32)cc1. The van der Waals surface area contributed by atoms with Gasteiger partial charge < -0.3 is 11.5 Å². The number of benzene rings is 2. The summed E-state index contributed by atoms with van der Waals surface area (Å²) < 4.78 is 27.5. The van der Waals surface area contributed by atoms with Gasteiger partial charge in [-0.25, -0.2) is 17.8 Å². The summed E-state index contributed by atoms with van der Waals surface area (Å²) in [7, 11) is -3.76. The van der Waals surface area contributed by atoms with Crippen LogP contribution in [0.2, 0.25) is 0 Å². The first-order valence-corrected chi connectivity index (χ1v) is 11.7. The number of primary amides is 2. The fourth-order valence-corrected chi connectivity index (χ4v) is 5.24. The number of rotatable bonds is 6. The van der Waals surface area contributed by atoms with Gasteiger partial charge in [0.1, 0.15) is 11.2 Å². The number of hydrogen-bond donors (Lipinski definition) is 3. The molecule has 0 saturated heterocycles. The molecule has 0 bridgehead atoms. The van der Waals surface area contributed by atoms with Gasteiger partial charge in [-0.3, -0.25) is 14.6 Å². The van der Waals surface area contributed by atoms with Crippen molar-refractivity contribution in [3.8, 4) is 0 Å². The standard InChI is InChI=1S/C23H25N5O4S/c1-14-4-7-18(8-5-14)33(31,32)27-11-10-17-12-16(6-9-19(17)27)15(2)28-20(21(24)29)13-23(3,26-28)22(25)30/h4-13,15,26H,1-3H3,(H2,24,29)(H2,25,30). The Balaban J connectivity index is 1.70. The number of aryl methyl sites for hydroxylation is 1. The minimum absolute atomic E-state index is 0.128. The molecule has 5 N–H and O–H groups in total.